The Morgan fingerprint density at radius 2 is 1.94 bits per heavy atom. The van der Waals surface area contributed by atoms with Crippen molar-refractivity contribution >= 4 is 57.5 Å². The Labute approximate surface area is 219 Å². The van der Waals surface area contributed by atoms with E-state index in [1.165, 1.54) is 16.2 Å². The standard InChI is InChI=1S/C26H26ClN3O3S2/c1-3-5-8-17(4-2)16-30-25(32)21(35-26(30)34)15-20-23(33-19-12-10-18(27)11-13-19)28-22-9-6-7-14-29(22)24(20)31/h6-7,9-15,17H,3-5,8,16H2,1-2H3/b21-15-/t17-/m1/s1. The Morgan fingerprint density at radius 3 is 2.66 bits per heavy atom. The summed E-state index contributed by atoms with van der Waals surface area (Å²) in [5.74, 6) is 0.784. The molecular weight excluding hydrogens is 502 g/mol. The molecular formula is C26H26ClN3O3S2. The van der Waals surface area contributed by atoms with Gasteiger partial charge in [-0.3, -0.25) is 18.9 Å². The lowest BCUT2D eigenvalue weighted by Gasteiger charge is -2.21. The van der Waals surface area contributed by atoms with E-state index in [-0.39, 0.29) is 22.9 Å². The van der Waals surface area contributed by atoms with Crippen LogP contribution < -0.4 is 10.3 Å². The molecule has 1 saturated heterocycles. The molecule has 3 aromatic rings. The number of fused-ring (bicyclic) bond motifs is 1. The Kier molecular flexibility index (Phi) is 8.26. The first-order valence-corrected chi connectivity index (χ1v) is 13.2. The third-order valence-electron chi connectivity index (χ3n) is 5.90. The highest BCUT2D eigenvalue weighted by Gasteiger charge is 2.34. The highest BCUT2D eigenvalue weighted by atomic mass is 35.5. The van der Waals surface area contributed by atoms with E-state index < -0.39 is 0 Å². The predicted octanol–water partition coefficient (Wildman–Crippen LogP) is 6.56. The summed E-state index contributed by atoms with van der Waals surface area (Å²) in [6.45, 7) is 4.88. The number of rotatable bonds is 9. The van der Waals surface area contributed by atoms with Gasteiger partial charge in [0.15, 0.2) is 0 Å². The second kappa shape index (κ2) is 11.4. The van der Waals surface area contributed by atoms with Crippen molar-refractivity contribution in [2.45, 2.75) is 39.5 Å². The number of aromatic nitrogens is 2. The van der Waals surface area contributed by atoms with Crippen molar-refractivity contribution < 1.29 is 9.53 Å². The minimum Gasteiger partial charge on any atom is -0.438 e. The van der Waals surface area contributed by atoms with E-state index in [4.69, 9.17) is 28.6 Å². The van der Waals surface area contributed by atoms with Gasteiger partial charge in [0.2, 0.25) is 5.88 Å². The number of hydrogen-bond donors (Lipinski definition) is 0. The number of benzene rings is 1. The largest absolute Gasteiger partial charge is 0.438 e. The van der Waals surface area contributed by atoms with Gasteiger partial charge in [-0.05, 0) is 54.8 Å². The molecule has 0 spiro atoms. The first-order chi connectivity index (χ1) is 16.9. The monoisotopic (exact) mass is 527 g/mol. The summed E-state index contributed by atoms with van der Waals surface area (Å²) >= 11 is 12.7. The number of halogens is 1. The molecule has 1 aliphatic rings. The molecule has 0 unspecified atom stereocenters. The summed E-state index contributed by atoms with van der Waals surface area (Å²) in [6.07, 6.45) is 7.45. The Morgan fingerprint density at radius 1 is 1.17 bits per heavy atom. The van der Waals surface area contributed by atoms with Crippen molar-refractivity contribution in [1.82, 2.24) is 14.3 Å². The van der Waals surface area contributed by atoms with Crippen molar-refractivity contribution in [2.75, 3.05) is 6.54 Å². The second-order valence-electron chi connectivity index (χ2n) is 8.33. The summed E-state index contributed by atoms with van der Waals surface area (Å²) in [4.78, 5) is 33.3. The van der Waals surface area contributed by atoms with E-state index in [0.717, 1.165) is 25.7 Å². The van der Waals surface area contributed by atoms with Crippen LogP contribution in [0.1, 0.15) is 45.1 Å². The maximum Gasteiger partial charge on any atom is 0.269 e. The van der Waals surface area contributed by atoms with Gasteiger partial charge in [0.1, 0.15) is 21.3 Å². The summed E-state index contributed by atoms with van der Waals surface area (Å²) < 4.78 is 7.92. The molecule has 4 rings (SSSR count). The topological polar surface area (TPSA) is 63.9 Å². The molecule has 1 amide bonds. The quantitative estimate of drug-likeness (QED) is 0.232. The number of thiocarbonyl (C=S) groups is 1. The van der Waals surface area contributed by atoms with Gasteiger partial charge in [-0.25, -0.2) is 0 Å². The summed E-state index contributed by atoms with van der Waals surface area (Å²) in [5, 5.41) is 0.567. The highest BCUT2D eigenvalue weighted by Crippen LogP contribution is 2.35. The van der Waals surface area contributed by atoms with Crippen LogP contribution in [0.25, 0.3) is 11.7 Å². The zero-order chi connectivity index (χ0) is 24.9. The molecule has 1 aliphatic heterocycles. The molecule has 35 heavy (non-hydrogen) atoms. The van der Waals surface area contributed by atoms with Crippen molar-refractivity contribution in [3.63, 3.8) is 0 Å². The minimum atomic E-state index is -0.334. The molecule has 1 atom stereocenters. The predicted molar refractivity (Wildman–Crippen MR) is 146 cm³/mol. The molecule has 3 heterocycles. The molecule has 0 aliphatic carbocycles. The van der Waals surface area contributed by atoms with E-state index in [9.17, 15) is 9.59 Å². The molecule has 6 nitrogen and oxygen atoms in total. The van der Waals surface area contributed by atoms with Crippen molar-refractivity contribution in [3.8, 4) is 11.6 Å². The van der Waals surface area contributed by atoms with Crippen LogP contribution in [0.2, 0.25) is 5.02 Å². The lowest BCUT2D eigenvalue weighted by Crippen LogP contribution is -2.33. The van der Waals surface area contributed by atoms with Gasteiger partial charge in [-0.1, -0.05) is 74.8 Å². The van der Waals surface area contributed by atoms with Crippen molar-refractivity contribution in [3.05, 3.63) is 74.5 Å². The van der Waals surface area contributed by atoms with Crippen LogP contribution in [0.3, 0.4) is 0 Å². The summed E-state index contributed by atoms with van der Waals surface area (Å²) in [6, 6.07) is 12.0. The number of carbonyl (C=O) groups excluding carboxylic acids is 1. The Hall–Kier alpha value is -2.68. The average molecular weight is 528 g/mol. The van der Waals surface area contributed by atoms with E-state index in [2.05, 4.69) is 18.8 Å². The van der Waals surface area contributed by atoms with E-state index >= 15 is 0 Å². The number of unbranched alkanes of at least 4 members (excludes halogenated alkanes) is 1. The van der Waals surface area contributed by atoms with Gasteiger partial charge in [0.25, 0.3) is 11.5 Å². The minimum absolute atomic E-state index is 0.114. The molecule has 1 aromatic carbocycles. The number of carbonyl (C=O) groups is 1. The van der Waals surface area contributed by atoms with Gasteiger partial charge < -0.3 is 4.74 Å². The lowest BCUT2D eigenvalue weighted by molar-refractivity contribution is -0.122. The van der Waals surface area contributed by atoms with E-state index in [0.29, 0.717) is 38.1 Å². The Balaban J connectivity index is 1.71. The first-order valence-electron chi connectivity index (χ1n) is 11.6. The molecule has 182 valence electrons. The van der Waals surface area contributed by atoms with Crippen LogP contribution in [0.5, 0.6) is 11.6 Å². The van der Waals surface area contributed by atoms with Crippen LogP contribution in [-0.2, 0) is 4.79 Å². The average Bonchev–Trinajstić information content (AvgIpc) is 3.12. The first kappa shape index (κ1) is 25.4. The summed E-state index contributed by atoms with van der Waals surface area (Å²) in [5.41, 5.74) is 0.286. The van der Waals surface area contributed by atoms with Crippen LogP contribution in [0, 0.1) is 5.92 Å². The fourth-order valence-corrected chi connectivity index (χ4v) is 5.24. The van der Waals surface area contributed by atoms with Gasteiger partial charge >= 0.3 is 0 Å². The molecule has 0 saturated carbocycles. The number of pyridine rings is 1. The van der Waals surface area contributed by atoms with Gasteiger partial charge in [-0.15, -0.1) is 0 Å². The zero-order valence-electron chi connectivity index (χ0n) is 19.6. The number of amides is 1. The molecule has 0 bridgehead atoms. The van der Waals surface area contributed by atoms with Gasteiger partial charge in [-0.2, -0.15) is 4.98 Å². The maximum atomic E-state index is 13.4. The SMILES string of the molecule is CCCC[C@@H](CC)CN1C(=O)/C(=C/c2c(Oc3ccc(Cl)cc3)nc3ccccn3c2=O)SC1=S. The molecule has 2 aromatic heterocycles. The van der Waals surface area contributed by atoms with Crippen LogP contribution in [0.15, 0.2) is 58.4 Å². The summed E-state index contributed by atoms with van der Waals surface area (Å²) in [7, 11) is 0. The molecule has 1 fully saturated rings. The number of nitrogens with zero attached hydrogens (tertiary/aromatic N) is 3. The van der Waals surface area contributed by atoms with Crippen LogP contribution >= 0.6 is 35.6 Å². The van der Waals surface area contributed by atoms with Gasteiger partial charge in [0, 0.05) is 17.8 Å². The normalized spacial score (nSPS) is 15.9. The third-order valence-corrected chi connectivity index (χ3v) is 7.53. The van der Waals surface area contributed by atoms with Crippen LogP contribution in [0.4, 0.5) is 0 Å². The third kappa shape index (κ3) is 5.77. The van der Waals surface area contributed by atoms with Crippen molar-refractivity contribution in [1.29, 1.82) is 0 Å². The smallest absolute Gasteiger partial charge is 0.269 e. The molecule has 9 heteroatoms. The second-order valence-corrected chi connectivity index (χ2v) is 10.4. The molecule has 0 radical (unpaired) electrons. The zero-order valence-corrected chi connectivity index (χ0v) is 22.0. The lowest BCUT2D eigenvalue weighted by atomic mass is 9.99. The Bertz CT molecular complexity index is 1340. The van der Waals surface area contributed by atoms with Crippen LogP contribution in [-0.4, -0.2) is 31.1 Å². The number of hydrogen-bond acceptors (Lipinski definition) is 6. The van der Waals surface area contributed by atoms with Gasteiger partial charge in [0.05, 0.1) is 4.91 Å². The number of thioether (sulfide) groups is 1. The fourth-order valence-electron chi connectivity index (χ4n) is 3.86. The maximum absolute atomic E-state index is 13.4. The fraction of sp³-hybridized carbons (Fsp3) is 0.308. The highest BCUT2D eigenvalue weighted by molar-refractivity contribution is 8.26. The van der Waals surface area contributed by atoms with E-state index in [1.807, 2.05) is 0 Å². The van der Waals surface area contributed by atoms with Crippen molar-refractivity contribution in [2.24, 2.45) is 5.92 Å². The van der Waals surface area contributed by atoms with E-state index in [1.54, 1.807) is 59.6 Å². The number of ether oxygens (including phenoxy) is 1. The molecule has 0 N–H and O–H groups in total.